The SMILES string of the molecule is Cc1ccc(S(=O)(=O)NC2CCCn3ncnc32)c2cccnc12. The van der Waals surface area contributed by atoms with E-state index in [0.717, 1.165) is 18.5 Å². The number of benzene rings is 1. The van der Waals surface area contributed by atoms with Crippen LogP contribution in [0.4, 0.5) is 0 Å². The fourth-order valence-corrected chi connectivity index (χ4v) is 4.60. The van der Waals surface area contributed by atoms with Gasteiger partial charge in [-0.3, -0.25) is 4.98 Å². The van der Waals surface area contributed by atoms with Crippen LogP contribution in [0.3, 0.4) is 0 Å². The Labute approximate surface area is 139 Å². The number of hydrogen-bond donors (Lipinski definition) is 1. The van der Waals surface area contributed by atoms with Crippen molar-refractivity contribution in [3.05, 3.63) is 48.2 Å². The first-order chi connectivity index (χ1) is 11.6. The van der Waals surface area contributed by atoms with Crippen LogP contribution in [0.2, 0.25) is 0 Å². The quantitative estimate of drug-likeness (QED) is 0.785. The molecule has 1 atom stereocenters. The van der Waals surface area contributed by atoms with Crippen molar-refractivity contribution in [3.63, 3.8) is 0 Å². The van der Waals surface area contributed by atoms with Crippen molar-refractivity contribution in [2.24, 2.45) is 0 Å². The van der Waals surface area contributed by atoms with Crippen LogP contribution >= 0.6 is 0 Å². The van der Waals surface area contributed by atoms with Gasteiger partial charge in [0.25, 0.3) is 0 Å². The van der Waals surface area contributed by atoms with Crippen LogP contribution < -0.4 is 4.72 Å². The molecule has 7 nitrogen and oxygen atoms in total. The van der Waals surface area contributed by atoms with Crippen molar-refractivity contribution in [1.82, 2.24) is 24.5 Å². The van der Waals surface area contributed by atoms with E-state index in [2.05, 4.69) is 19.8 Å². The zero-order valence-corrected chi connectivity index (χ0v) is 14.0. The van der Waals surface area contributed by atoms with Gasteiger partial charge in [-0.15, -0.1) is 0 Å². The summed E-state index contributed by atoms with van der Waals surface area (Å²) >= 11 is 0. The maximum atomic E-state index is 13.0. The molecule has 0 bridgehead atoms. The number of sulfonamides is 1. The fourth-order valence-electron chi connectivity index (χ4n) is 3.17. The van der Waals surface area contributed by atoms with Crippen LogP contribution in [0.1, 0.15) is 30.3 Å². The number of hydrogen-bond acceptors (Lipinski definition) is 5. The number of pyridine rings is 1. The predicted molar refractivity (Wildman–Crippen MR) is 88.8 cm³/mol. The van der Waals surface area contributed by atoms with Gasteiger partial charge in [-0.25, -0.2) is 22.8 Å². The van der Waals surface area contributed by atoms with E-state index in [1.54, 1.807) is 35.1 Å². The van der Waals surface area contributed by atoms with E-state index in [9.17, 15) is 8.42 Å². The maximum Gasteiger partial charge on any atom is 0.241 e. The van der Waals surface area contributed by atoms with Gasteiger partial charge in [0.05, 0.1) is 16.5 Å². The van der Waals surface area contributed by atoms with Crippen LogP contribution in [-0.2, 0) is 16.6 Å². The topological polar surface area (TPSA) is 89.8 Å². The average molecular weight is 343 g/mol. The second kappa shape index (κ2) is 5.64. The fraction of sp³-hybridized carbons (Fsp3) is 0.312. The zero-order valence-electron chi connectivity index (χ0n) is 13.2. The molecule has 3 heterocycles. The normalized spacial score (nSPS) is 17.8. The third kappa shape index (κ3) is 2.47. The Bertz CT molecular complexity index is 1010. The molecule has 124 valence electrons. The van der Waals surface area contributed by atoms with E-state index in [1.807, 2.05) is 6.92 Å². The zero-order chi connectivity index (χ0) is 16.7. The summed E-state index contributed by atoms with van der Waals surface area (Å²) in [5.74, 6) is 0.666. The summed E-state index contributed by atoms with van der Waals surface area (Å²) in [4.78, 5) is 8.76. The highest BCUT2D eigenvalue weighted by atomic mass is 32.2. The minimum absolute atomic E-state index is 0.243. The number of fused-ring (bicyclic) bond motifs is 2. The summed E-state index contributed by atoms with van der Waals surface area (Å²) in [7, 11) is -3.69. The molecule has 1 unspecified atom stereocenters. The molecule has 0 radical (unpaired) electrons. The van der Waals surface area contributed by atoms with Crippen LogP contribution in [0.15, 0.2) is 41.7 Å². The monoisotopic (exact) mass is 343 g/mol. The predicted octanol–water partition coefficient (Wildman–Crippen LogP) is 1.95. The number of aryl methyl sites for hydroxylation is 2. The summed E-state index contributed by atoms with van der Waals surface area (Å²) in [5, 5.41) is 4.76. The Balaban J connectivity index is 1.76. The van der Waals surface area contributed by atoms with E-state index in [4.69, 9.17) is 0 Å². The van der Waals surface area contributed by atoms with E-state index in [-0.39, 0.29) is 10.9 Å². The van der Waals surface area contributed by atoms with Crippen LogP contribution in [0, 0.1) is 6.92 Å². The smallest absolute Gasteiger partial charge is 0.241 e. The molecule has 2 aromatic heterocycles. The summed E-state index contributed by atoms with van der Waals surface area (Å²) in [5.41, 5.74) is 1.65. The molecule has 1 N–H and O–H groups in total. The molecule has 1 aromatic carbocycles. The van der Waals surface area contributed by atoms with Gasteiger partial charge in [0.15, 0.2) is 0 Å². The average Bonchev–Trinajstić information content (AvgIpc) is 3.05. The van der Waals surface area contributed by atoms with Crippen molar-refractivity contribution in [2.75, 3.05) is 0 Å². The Morgan fingerprint density at radius 3 is 3.00 bits per heavy atom. The molecule has 3 aromatic rings. The van der Waals surface area contributed by atoms with E-state index in [0.29, 0.717) is 23.1 Å². The molecule has 24 heavy (non-hydrogen) atoms. The maximum absolute atomic E-state index is 13.0. The Morgan fingerprint density at radius 2 is 2.12 bits per heavy atom. The summed E-state index contributed by atoms with van der Waals surface area (Å²) in [6, 6.07) is 6.59. The minimum atomic E-state index is -3.69. The van der Waals surface area contributed by atoms with Crippen molar-refractivity contribution < 1.29 is 8.42 Å². The molecule has 0 saturated heterocycles. The van der Waals surface area contributed by atoms with Gasteiger partial charge in [0.2, 0.25) is 10.0 Å². The van der Waals surface area contributed by atoms with Gasteiger partial charge in [0, 0.05) is 18.1 Å². The lowest BCUT2D eigenvalue weighted by atomic mass is 10.1. The van der Waals surface area contributed by atoms with Gasteiger partial charge >= 0.3 is 0 Å². The first kappa shape index (κ1) is 15.2. The lowest BCUT2D eigenvalue weighted by molar-refractivity contribution is 0.400. The van der Waals surface area contributed by atoms with E-state index in [1.165, 1.54) is 6.33 Å². The number of rotatable bonds is 3. The second-order valence-corrected chi connectivity index (χ2v) is 7.62. The molecule has 0 aliphatic carbocycles. The van der Waals surface area contributed by atoms with E-state index >= 15 is 0 Å². The van der Waals surface area contributed by atoms with Gasteiger partial charge < -0.3 is 0 Å². The van der Waals surface area contributed by atoms with Crippen LogP contribution in [0.5, 0.6) is 0 Å². The standard InChI is InChI=1S/C16H17N5O2S/c1-11-6-7-14(12-4-2-8-17-15(11)12)24(22,23)20-13-5-3-9-21-16(13)18-10-19-21/h2,4,6-8,10,13,20H,3,5,9H2,1H3. The van der Waals surface area contributed by atoms with Gasteiger partial charge in [0.1, 0.15) is 12.2 Å². The molecular formula is C16H17N5O2S. The van der Waals surface area contributed by atoms with Crippen molar-refractivity contribution in [2.45, 2.75) is 37.2 Å². The number of aromatic nitrogens is 4. The third-order valence-corrected chi connectivity index (χ3v) is 5.87. The van der Waals surface area contributed by atoms with Crippen LogP contribution in [-0.4, -0.2) is 28.2 Å². The third-order valence-electron chi connectivity index (χ3n) is 4.34. The van der Waals surface area contributed by atoms with E-state index < -0.39 is 10.0 Å². The number of nitrogens with one attached hydrogen (secondary N) is 1. The highest BCUT2D eigenvalue weighted by Crippen LogP contribution is 2.28. The van der Waals surface area contributed by atoms with Crippen molar-refractivity contribution in [3.8, 4) is 0 Å². The Morgan fingerprint density at radius 1 is 1.25 bits per heavy atom. The van der Waals surface area contributed by atoms with Gasteiger partial charge in [-0.1, -0.05) is 6.07 Å². The molecular weight excluding hydrogens is 326 g/mol. The first-order valence-corrected chi connectivity index (χ1v) is 9.29. The van der Waals surface area contributed by atoms with Gasteiger partial charge in [-0.05, 0) is 43.5 Å². The minimum Gasteiger partial charge on any atom is -0.256 e. The Hall–Kier alpha value is -2.32. The molecule has 1 aliphatic heterocycles. The summed E-state index contributed by atoms with van der Waals surface area (Å²) in [6.45, 7) is 2.69. The molecule has 0 saturated carbocycles. The second-order valence-electron chi connectivity index (χ2n) is 5.94. The Kier molecular flexibility index (Phi) is 3.58. The largest absolute Gasteiger partial charge is 0.256 e. The summed E-state index contributed by atoms with van der Waals surface area (Å²) < 4.78 is 30.5. The van der Waals surface area contributed by atoms with Crippen molar-refractivity contribution in [1.29, 1.82) is 0 Å². The molecule has 8 heteroatoms. The van der Waals surface area contributed by atoms with Crippen molar-refractivity contribution >= 4 is 20.9 Å². The summed E-state index contributed by atoms with van der Waals surface area (Å²) in [6.07, 6.45) is 4.70. The highest BCUT2D eigenvalue weighted by molar-refractivity contribution is 7.89. The molecule has 1 aliphatic rings. The van der Waals surface area contributed by atoms with Crippen LogP contribution in [0.25, 0.3) is 10.9 Å². The lowest BCUT2D eigenvalue weighted by Gasteiger charge is -2.23. The molecule has 4 rings (SSSR count). The first-order valence-electron chi connectivity index (χ1n) is 7.80. The highest BCUT2D eigenvalue weighted by Gasteiger charge is 2.28. The molecule has 0 amide bonds. The number of nitrogens with zero attached hydrogens (tertiary/aromatic N) is 4. The van der Waals surface area contributed by atoms with Gasteiger partial charge in [-0.2, -0.15) is 5.10 Å². The lowest BCUT2D eigenvalue weighted by Crippen LogP contribution is -2.33. The molecule has 0 fully saturated rings. The molecule has 0 spiro atoms.